The van der Waals surface area contributed by atoms with Crippen molar-refractivity contribution in [2.24, 2.45) is 5.92 Å². The van der Waals surface area contributed by atoms with E-state index in [9.17, 15) is 4.79 Å². The molecule has 36 heavy (non-hydrogen) atoms. The Bertz CT molecular complexity index is 1370. The molecule has 1 fully saturated rings. The summed E-state index contributed by atoms with van der Waals surface area (Å²) in [4.78, 5) is 15.2. The molecule has 8 nitrogen and oxygen atoms in total. The highest BCUT2D eigenvalue weighted by atomic mass is 16.5. The van der Waals surface area contributed by atoms with E-state index < -0.39 is 0 Å². The van der Waals surface area contributed by atoms with Crippen molar-refractivity contribution >= 4 is 17.4 Å². The third-order valence-electron chi connectivity index (χ3n) is 7.04. The number of fused-ring (bicyclic) bond motifs is 1. The van der Waals surface area contributed by atoms with E-state index in [1.165, 1.54) is 16.7 Å². The van der Waals surface area contributed by atoms with Crippen molar-refractivity contribution in [3.05, 3.63) is 71.3 Å². The number of benzene rings is 2. The highest BCUT2D eigenvalue weighted by Gasteiger charge is 2.27. The summed E-state index contributed by atoms with van der Waals surface area (Å²) in [5.74, 6) is 2.47. The number of rotatable bonds is 6. The molecule has 1 amide bonds. The molecule has 2 aromatic heterocycles. The molecule has 0 spiro atoms. The number of aryl methyl sites for hydroxylation is 2. The number of hydrogen-bond donors (Lipinski definition) is 1. The topological polar surface area (TPSA) is 84.7 Å². The largest absolute Gasteiger partial charge is 0.497 e. The normalized spacial score (nSPS) is 15.2. The van der Waals surface area contributed by atoms with Crippen molar-refractivity contribution in [2.75, 3.05) is 25.1 Å². The maximum atomic E-state index is 13.0. The van der Waals surface area contributed by atoms with Crippen LogP contribution in [0.1, 0.15) is 42.5 Å². The molecule has 1 N–H and O–H groups in total. The first-order chi connectivity index (χ1) is 17.4. The first kappa shape index (κ1) is 23.8. The molecule has 0 radical (unpaired) electrons. The van der Waals surface area contributed by atoms with E-state index >= 15 is 0 Å². The lowest BCUT2D eigenvalue weighted by Crippen LogP contribution is -2.41. The van der Waals surface area contributed by atoms with Gasteiger partial charge < -0.3 is 15.0 Å². The van der Waals surface area contributed by atoms with Crippen molar-refractivity contribution in [3.63, 3.8) is 0 Å². The molecule has 0 bridgehead atoms. The van der Waals surface area contributed by atoms with Crippen molar-refractivity contribution in [1.82, 2.24) is 25.1 Å². The molecule has 8 heteroatoms. The molecule has 5 rings (SSSR count). The molecule has 1 aliphatic rings. The number of piperidine rings is 1. The van der Waals surface area contributed by atoms with E-state index in [2.05, 4.69) is 59.4 Å². The van der Waals surface area contributed by atoms with E-state index in [1.807, 2.05) is 36.4 Å². The molecule has 2 aromatic carbocycles. The van der Waals surface area contributed by atoms with Gasteiger partial charge in [0.15, 0.2) is 11.5 Å². The zero-order valence-electron chi connectivity index (χ0n) is 21.2. The van der Waals surface area contributed by atoms with Crippen LogP contribution in [0, 0.1) is 19.8 Å². The third-order valence-corrected chi connectivity index (χ3v) is 7.04. The van der Waals surface area contributed by atoms with Crippen LogP contribution in [-0.4, -0.2) is 45.9 Å². The number of carbonyl (C=O) groups excluding carboxylic acids is 1. The molecule has 0 unspecified atom stereocenters. The monoisotopic (exact) mass is 484 g/mol. The molecule has 1 atom stereocenters. The zero-order chi connectivity index (χ0) is 25.2. The van der Waals surface area contributed by atoms with E-state index in [1.54, 1.807) is 11.6 Å². The van der Waals surface area contributed by atoms with Gasteiger partial charge >= 0.3 is 0 Å². The lowest BCUT2D eigenvalue weighted by Gasteiger charge is -2.32. The van der Waals surface area contributed by atoms with Gasteiger partial charge in [0.2, 0.25) is 5.91 Å². The Labute approximate surface area is 211 Å². The highest BCUT2D eigenvalue weighted by Crippen LogP contribution is 2.26. The summed E-state index contributed by atoms with van der Waals surface area (Å²) in [5, 5.41) is 16.7. The fraction of sp³-hybridized carbons (Fsp3) is 0.357. The number of aromatic nitrogens is 4. The Kier molecular flexibility index (Phi) is 6.59. The van der Waals surface area contributed by atoms with Gasteiger partial charge in [-0.25, -0.2) is 0 Å². The van der Waals surface area contributed by atoms with Gasteiger partial charge in [0.1, 0.15) is 11.6 Å². The van der Waals surface area contributed by atoms with Gasteiger partial charge in [-0.2, -0.15) is 4.52 Å². The number of amides is 1. The predicted molar refractivity (Wildman–Crippen MR) is 140 cm³/mol. The lowest BCUT2D eigenvalue weighted by molar-refractivity contribution is -0.126. The zero-order valence-corrected chi connectivity index (χ0v) is 21.2. The number of ether oxygens (including phenoxy) is 1. The molecule has 1 aliphatic heterocycles. The molecule has 0 saturated carbocycles. The molecule has 0 aliphatic carbocycles. The van der Waals surface area contributed by atoms with E-state index in [0.29, 0.717) is 11.5 Å². The van der Waals surface area contributed by atoms with Gasteiger partial charge in [-0.1, -0.05) is 23.8 Å². The average Bonchev–Trinajstić information content (AvgIpc) is 3.32. The van der Waals surface area contributed by atoms with Crippen LogP contribution in [0.3, 0.4) is 0 Å². The van der Waals surface area contributed by atoms with Crippen molar-refractivity contribution in [3.8, 4) is 17.1 Å². The summed E-state index contributed by atoms with van der Waals surface area (Å²) in [6.07, 6.45) is 1.58. The van der Waals surface area contributed by atoms with Gasteiger partial charge in [-0.15, -0.1) is 15.3 Å². The SMILES string of the molecule is COc1ccc(-c2nnc3ccc(N4CCC(C(=O)N[C@@H](C)c5ccc(C)cc5C)CC4)nn23)cc1. The van der Waals surface area contributed by atoms with Crippen LogP contribution in [0.15, 0.2) is 54.6 Å². The number of carbonyl (C=O) groups is 1. The predicted octanol–water partition coefficient (Wildman–Crippen LogP) is 4.51. The Balaban J connectivity index is 1.25. The summed E-state index contributed by atoms with van der Waals surface area (Å²) in [5.41, 5.74) is 5.23. The first-order valence-electron chi connectivity index (χ1n) is 12.4. The quantitative estimate of drug-likeness (QED) is 0.434. The number of nitrogens with zero attached hydrogens (tertiary/aromatic N) is 5. The Hall–Kier alpha value is -3.94. The van der Waals surface area contributed by atoms with Crippen LogP contribution >= 0.6 is 0 Å². The summed E-state index contributed by atoms with van der Waals surface area (Å²) < 4.78 is 7.04. The van der Waals surface area contributed by atoms with Crippen molar-refractivity contribution in [1.29, 1.82) is 0 Å². The van der Waals surface area contributed by atoms with Gasteiger partial charge in [0, 0.05) is 24.6 Å². The molecular formula is C28H32N6O2. The van der Waals surface area contributed by atoms with Crippen LogP contribution in [0.5, 0.6) is 5.75 Å². The summed E-state index contributed by atoms with van der Waals surface area (Å²) >= 11 is 0. The molecule has 4 aromatic rings. The van der Waals surface area contributed by atoms with E-state index in [-0.39, 0.29) is 17.9 Å². The maximum absolute atomic E-state index is 13.0. The average molecular weight is 485 g/mol. The second-order valence-corrected chi connectivity index (χ2v) is 9.57. The van der Waals surface area contributed by atoms with Gasteiger partial charge in [0.25, 0.3) is 0 Å². The highest BCUT2D eigenvalue weighted by molar-refractivity contribution is 5.79. The van der Waals surface area contributed by atoms with Gasteiger partial charge in [-0.3, -0.25) is 4.79 Å². The van der Waals surface area contributed by atoms with Gasteiger partial charge in [-0.05, 0) is 81.1 Å². The van der Waals surface area contributed by atoms with Crippen LogP contribution in [0.4, 0.5) is 5.82 Å². The second kappa shape index (κ2) is 9.97. The Morgan fingerprint density at radius 1 is 1.03 bits per heavy atom. The maximum Gasteiger partial charge on any atom is 0.223 e. The standard InChI is InChI=1S/C28H32N6O2/c1-18-5-10-24(19(2)17-18)20(3)29-28(35)22-13-15-33(16-14-22)26-12-11-25-30-31-27(34(25)32-26)21-6-8-23(36-4)9-7-21/h5-12,17,20,22H,13-16H2,1-4H3,(H,29,35)/t20-/m0/s1. The second-order valence-electron chi connectivity index (χ2n) is 9.57. The number of hydrogen-bond acceptors (Lipinski definition) is 6. The van der Waals surface area contributed by atoms with E-state index in [0.717, 1.165) is 43.1 Å². The Morgan fingerprint density at radius 3 is 2.47 bits per heavy atom. The smallest absolute Gasteiger partial charge is 0.223 e. The van der Waals surface area contributed by atoms with Crippen LogP contribution in [-0.2, 0) is 4.79 Å². The molecule has 186 valence electrons. The summed E-state index contributed by atoms with van der Waals surface area (Å²) in [6, 6.07) is 18.0. The fourth-order valence-electron chi connectivity index (χ4n) is 4.96. The molecular weight excluding hydrogens is 452 g/mol. The van der Waals surface area contributed by atoms with Crippen molar-refractivity contribution < 1.29 is 9.53 Å². The lowest BCUT2D eigenvalue weighted by atomic mass is 9.94. The van der Waals surface area contributed by atoms with Crippen LogP contribution < -0.4 is 15.0 Å². The molecule has 1 saturated heterocycles. The van der Waals surface area contributed by atoms with Crippen LogP contribution in [0.2, 0.25) is 0 Å². The first-order valence-corrected chi connectivity index (χ1v) is 12.4. The summed E-state index contributed by atoms with van der Waals surface area (Å²) in [6.45, 7) is 7.79. The number of anilines is 1. The minimum atomic E-state index is -0.00896. The van der Waals surface area contributed by atoms with Crippen LogP contribution in [0.25, 0.3) is 17.0 Å². The van der Waals surface area contributed by atoms with E-state index in [4.69, 9.17) is 9.84 Å². The Morgan fingerprint density at radius 2 is 1.78 bits per heavy atom. The summed E-state index contributed by atoms with van der Waals surface area (Å²) in [7, 11) is 1.65. The van der Waals surface area contributed by atoms with Gasteiger partial charge in [0.05, 0.1) is 13.2 Å². The fourth-order valence-corrected chi connectivity index (χ4v) is 4.96. The minimum absolute atomic E-state index is 0.00274. The molecule has 3 heterocycles. The third kappa shape index (κ3) is 4.76. The minimum Gasteiger partial charge on any atom is -0.497 e. The number of methoxy groups -OCH3 is 1. The number of nitrogens with one attached hydrogen (secondary N) is 1. The van der Waals surface area contributed by atoms with Crippen molar-refractivity contribution in [2.45, 2.75) is 39.7 Å².